The highest BCUT2D eigenvalue weighted by molar-refractivity contribution is 5.81. The molecule has 0 radical (unpaired) electrons. The van der Waals surface area contributed by atoms with Crippen LogP contribution in [-0.2, 0) is 4.79 Å². The molecule has 0 aromatic carbocycles. The highest BCUT2D eigenvalue weighted by Crippen LogP contribution is 2.21. The number of amides is 1. The summed E-state index contributed by atoms with van der Waals surface area (Å²) in [6, 6.07) is 0. The van der Waals surface area contributed by atoms with Crippen LogP contribution in [0.2, 0.25) is 0 Å². The molecule has 0 unspecified atom stereocenters. The number of rotatable bonds is 3. The van der Waals surface area contributed by atoms with Gasteiger partial charge in [0.2, 0.25) is 0 Å². The molecule has 1 fully saturated rings. The zero-order chi connectivity index (χ0) is 12.3. The number of hydrogen-bond acceptors (Lipinski definition) is 2. The van der Waals surface area contributed by atoms with E-state index < -0.39 is 24.2 Å². The first-order valence-electron chi connectivity index (χ1n) is 5.07. The van der Waals surface area contributed by atoms with Crippen molar-refractivity contribution in [3.63, 3.8) is 0 Å². The fourth-order valence-electron chi connectivity index (χ4n) is 1.70. The van der Waals surface area contributed by atoms with E-state index in [9.17, 15) is 22.4 Å². The highest BCUT2D eigenvalue weighted by atomic mass is 19.4. The lowest BCUT2D eigenvalue weighted by Gasteiger charge is -2.25. The van der Waals surface area contributed by atoms with E-state index in [0.29, 0.717) is 11.4 Å². The molecule has 0 aliphatic carbocycles. The smallest absolute Gasteiger partial charge is 0.335 e. The molecule has 2 atom stereocenters. The van der Waals surface area contributed by atoms with Gasteiger partial charge in [0.1, 0.15) is 6.17 Å². The molecule has 1 N–H and O–H groups in total. The van der Waals surface area contributed by atoms with Crippen LogP contribution in [0.15, 0.2) is 0 Å². The van der Waals surface area contributed by atoms with Gasteiger partial charge in [0, 0.05) is 32.1 Å². The molecule has 7 heteroatoms. The van der Waals surface area contributed by atoms with E-state index in [2.05, 4.69) is 5.32 Å². The second-order valence-electron chi connectivity index (χ2n) is 3.78. The van der Waals surface area contributed by atoms with Gasteiger partial charge in [-0.25, -0.2) is 4.39 Å². The number of nitrogens with one attached hydrogen (secondary N) is 1. The third kappa shape index (κ3) is 3.07. The number of alkyl halides is 4. The number of hydrogen-bond donors (Lipinski definition) is 1. The largest absolute Gasteiger partial charge is 0.471 e. The monoisotopic (exact) mass is 242 g/mol. The van der Waals surface area contributed by atoms with E-state index in [1.54, 1.807) is 0 Å². The highest BCUT2D eigenvalue weighted by Gasteiger charge is 2.43. The minimum absolute atomic E-state index is 0.0679. The number of carbonyl (C=O) groups is 1. The number of halogens is 4. The van der Waals surface area contributed by atoms with Gasteiger partial charge in [-0.15, -0.1) is 0 Å². The summed E-state index contributed by atoms with van der Waals surface area (Å²) in [5.41, 5.74) is 0. The van der Waals surface area contributed by atoms with Gasteiger partial charge in [-0.05, 0) is 6.92 Å². The Labute approximate surface area is 90.8 Å². The average Bonchev–Trinajstić information content (AvgIpc) is 2.58. The Bertz CT molecular complexity index is 256. The molecule has 1 saturated heterocycles. The normalized spacial score (nSPS) is 25.8. The van der Waals surface area contributed by atoms with E-state index in [1.165, 1.54) is 6.92 Å². The Morgan fingerprint density at radius 3 is 2.44 bits per heavy atom. The predicted molar refractivity (Wildman–Crippen MR) is 49.6 cm³/mol. The molecule has 1 heterocycles. The quantitative estimate of drug-likeness (QED) is 0.747. The van der Waals surface area contributed by atoms with Gasteiger partial charge in [0.15, 0.2) is 0 Å². The van der Waals surface area contributed by atoms with Crippen molar-refractivity contribution in [1.82, 2.24) is 10.2 Å². The summed E-state index contributed by atoms with van der Waals surface area (Å²) in [6.07, 6.45) is -6.07. The van der Waals surface area contributed by atoms with Crippen LogP contribution in [0.1, 0.15) is 6.92 Å². The zero-order valence-electron chi connectivity index (χ0n) is 8.85. The van der Waals surface area contributed by atoms with E-state index >= 15 is 0 Å². The molecule has 94 valence electrons. The summed E-state index contributed by atoms with van der Waals surface area (Å²) in [7, 11) is 0. The molecule has 1 aliphatic rings. The lowest BCUT2D eigenvalue weighted by Crippen LogP contribution is -2.44. The first-order valence-corrected chi connectivity index (χ1v) is 5.07. The maximum absolute atomic E-state index is 13.2. The fraction of sp³-hybridized carbons (Fsp3) is 0.889. The van der Waals surface area contributed by atoms with Gasteiger partial charge in [-0.1, -0.05) is 0 Å². The Balaban J connectivity index is 2.58. The van der Waals surface area contributed by atoms with Crippen molar-refractivity contribution >= 4 is 5.91 Å². The average molecular weight is 242 g/mol. The molecule has 1 rings (SSSR count). The van der Waals surface area contributed by atoms with Gasteiger partial charge in [-0.3, -0.25) is 4.79 Å². The van der Waals surface area contributed by atoms with Gasteiger partial charge >= 0.3 is 12.1 Å². The molecular weight excluding hydrogens is 228 g/mol. The van der Waals surface area contributed by atoms with Crippen molar-refractivity contribution in [2.24, 2.45) is 5.92 Å². The third-order valence-corrected chi connectivity index (χ3v) is 2.62. The maximum Gasteiger partial charge on any atom is 0.471 e. The molecule has 0 aromatic heterocycles. The van der Waals surface area contributed by atoms with E-state index in [-0.39, 0.29) is 19.6 Å². The van der Waals surface area contributed by atoms with Crippen LogP contribution in [-0.4, -0.2) is 49.3 Å². The molecule has 3 nitrogen and oxygen atoms in total. The lowest BCUT2D eigenvalue weighted by molar-refractivity contribution is -0.186. The van der Waals surface area contributed by atoms with Gasteiger partial charge in [-0.2, -0.15) is 13.2 Å². The standard InChI is InChI=1S/C9H14F4N2O/c1-2-15(8(16)9(11,12)13)5-6-3-14-4-7(6)10/h6-7,14H,2-5H2,1H3/t6-,7+/m1/s1. The van der Waals surface area contributed by atoms with Crippen LogP contribution in [0.3, 0.4) is 0 Å². The fourth-order valence-corrected chi connectivity index (χ4v) is 1.70. The zero-order valence-corrected chi connectivity index (χ0v) is 8.85. The van der Waals surface area contributed by atoms with Crippen LogP contribution in [0.4, 0.5) is 17.6 Å². The van der Waals surface area contributed by atoms with E-state index in [1.807, 2.05) is 0 Å². The van der Waals surface area contributed by atoms with E-state index in [4.69, 9.17) is 0 Å². The second kappa shape index (κ2) is 4.99. The van der Waals surface area contributed by atoms with Crippen LogP contribution >= 0.6 is 0 Å². The molecule has 16 heavy (non-hydrogen) atoms. The Morgan fingerprint density at radius 1 is 1.44 bits per heavy atom. The maximum atomic E-state index is 13.2. The minimum Gasteiger partial charge on any atom is -0.335 e. The molecule has 0 saturated carbocycles. The van der Waals surface area contributed by atoms with Crippen molar-refractivity contribution in [1.29, 1.82) is 0 Å². The van der Waals surface area contributed by atoms with Crippen molar-refractivity contribution < 1.29 is 22.4 Å². The molecule has 0 spiro atoms. The summed E-state index contributed by atoms with van der Waals surface area (Å²) in [5, 5.41) is 2.74. The predicted octanol–water partition coefficient (Wildman–Crippen LogP) is 0.955. The topological polar surface area (TPSA) is 32.3 Å². The summed E-state index contributed by atoms with van der Waals surface area (Å²) in [6.45, 7) is 1.63. The molecule has 0 aromatic rings. The van der Waals surface area contributed by atoms with Crippen molar-refractivity contribution in [2.75, 3.05) is 26.2 Å². The molecular formula is C9H14F4N2O. The van der Waals surface area contributed by atoms with Crippen LogP contribution in [0, 0.1) is 5.92 Å². The summed E-state index contributed by atoms with van der Waals surface area (Å²) in [4.78, 5) is 11.6. The summed E-state index contributed by atoms with van der Waals surface area (Å²) in [5.74, 6) is -2.44. The first-order chi connectivity index (χ1) is 7.36. The first kappa shape index (κ1) is 13.2. The molecule has 1 aliphatic heterocycles. The van der Waals surface area contributed by atoms with E-state index in [0.717, 1.165) is 0 Å². The second-order valence-corrected chi connectivity index (χ2v) is 3.78. The van der Waals surface area contributed by atoms with Crippen molar-refractivity contribution in [3.8, 4) is 0 Å². The molecule has 0 bridgehead atoms. The summed E-state index contributed by atoms with van der Waals surface area (Å²) < 4.78 is 49.6. The van der Waals surface area contributed by atoms with Gasteiger partial charge < -0.3 is 10.2 Å². The number of nitrogens with zero attached hydrogens (tertiary/aromatic N) is 1. The third-order valence-electron chi connectivity index (χ3n) is 2.62. The Kier molecular flexibility index (Phi) is 4.12. The van der Waals surface area contributed by atoms with Crippen LogP contribution < -0.4 is 5.32 Å². The molecule has 1 amide bonds. The van der Waals surface area contributed by atoms with Crippen LogP contribution in [0.25, 0.3) is 0 Å². The van der Waals surface area contributed by atoms with Crippen molar-refractivity contribution in [3.05, 3.63) is 0 Å². The lowest BCUT2D eigenvalue weighted by atomic mass is 10.1. The van der Waals surface area contributed by atoms with Gasteiger partial charge in [0.05, 0.1) is 0 Å². The SMILES string of the molecule is CCN(C[C@H]1CNC[C@@H]1F)C(=O)C(F)(F)F. The van der Waals surface area contributed by atoms with Crippen molar-refractivity contribution in [2.45, 2.75) is 19.3 Å². The van der Waals surface area contributed by atoms with Crippen LogP contribution in [0.5, 0.6) is 0 Å². The van der Waals surface area contributed by atoms with Gasteiger partial charge in [0.25, 0.3) is 0 Å². The Hall–Kier alpha value is -0.850. The minimum atomic E-state index is -4.88. The number of carbonyl (C=O) groups excluding carboxylic acids is 1. The Morgan fingerprint density at radius 2 is 2.06 bits per heavy atom. The summed E-state index contributed by atoms with van der Waals surface area (Å²) >= 11 is 0.